The van der Waals surface area contributed by atoms with Crippen molar-refractivity contribution in [1.29, 1.82) is 0 Å². The quantitative estimate of drug-likeness (QED) is 0.678. The van der Waals surface area contributed by atoms with Crippen molar-refractivity contribution in [2.45, 2.75) is 13.3 Å². The smallest absolute Gasteiger partial charge is 0.328 e. The first-order chi connectivity index (χ1) is 11.4. The van der Waals surface area contributed by atoms with Crippen LogP contribution in [0.3, 0.4) is 0 Å². The van der Waals surface area contributed by atoms with E-state index in [1.165, 1.54) is 17.2 Å². The maximum absolute atomic E-state index is 13.5. The number of para-hydroxylation sites is 1. The number of nitrogens with one attached hydrogen (secondary N) is 1. The minimum absolute atomic E-state index is 0.157. The van der Waals surface area contributed by atoms with Crippen molar-refractivity contribution in [3.05, 3.63) is 41.7 Å². The number of ether oxygens (including phenoxy) is 1. The number of hydrogen-bond acceptors (Lipinski definition) is 4. The second-order valence-electron chi connectivity index (χ2n) is 4.75. The minimum Gasteiger partial charge on any atom is -0.418 e. The van der Waals surface area contributed by atoms with E-state index >= 15 is 0 Å². The number of halogens is 2. The SMILES string of the molecule is C=N/C(=N\C=C(/C)N1CCC(=O)NC1=O)Oc1c(F)cccc1F. The molecule has 1 aliphatic heterocycles. The molecule has 1 fully saturated rings. The summed E-state index contributed by atoms with van der Waals surface area (Å²) in [6.45, 7) is 4.98. The minimum atomic E-state index is -0.916. The number of nitrogens with zero attached hydrogens (tertiary/aromatic N) is 3. The molecule has 9 heteroatoms. The number of urea groups is 1. The van der Waals surface area contributed by atoms with Gasteiger partial charge in [0.2, 0.25) is 11.7 Å². The molecule has 1 aliphatic rings. The Kier molecular flexibility index (Phi) is 5.35. The van der Waals surface area contributed by atoms with E-state index in [1.807, 2.05) is 0 Å². The van der Waals surface area contributed by atoms with Crippen molar-refractivity contribution in [2.24, 2.45) is 9.98 Å². The number of rotatable bonds is 3. The zero-order valence-corrected chi connectivity index (χ0v) is 12.8. The highest BCUT2D eigenvalue weighted by molar-refractivity contribution is 5.97. The fourth-order valence-corrected chi connectivity index (χ4v) is 1.89. The number of aliphatic imine (C=N–C) groups is 2. The van der Waals surface area contributed by atoms with Crippen LogP contribution in [-0.2, 0) is 4.79 Å². The van der Waals surface area contributed by atoms with Crippen molar-refractivity contribution < 1.29 is 23.1 Å². The monoisotopic (exact) mass is 336 g/mol. The summed E-state index contributed by atoms with van der Waals surface area (Å²) in [5, 5.41) is 2.16. The molecular formula is C15H14F2N4O3. The van der Waals surface area contributed by atoms with E-state index in [1.54, 1.807) is 6.92 Å². The normalized spacial score (nSPS) is 16.0. The Hall–Kier alpha value is -3.10. The zero-order chi connectivity index (χ0) is 17.7. The van der Waals surface area contributed by atoms with Crippen LogP contribution in [-0.4, -0.2) is 36.1 Å². The summed E-state index contributed by atoms with van der Waals surface area (Å²) in [4.78, 5) is 31.3. The van der Waals surface area contributed by atoms with Crippen LogP contribution < -0.4 is 10.1 Å². The fraction of sp³-hybridized carbons (Fsp3) is 0.200. The Morgan fingerprint density at radius 1 is 1.38 bits per heavy atom. The van der Waals surface area contributed by atoms with Crippen LogP contribution in [0.1, 0.15) is 13.3 Å². The first-order valence-electron chi connectivity index (χ1n) is 6.87. The van der Waals surface area contributed by atoms with Crippen molar-refractivity contribution in [3.63, 3.8) is 0 Å². The Balaban J connectivity index is 2.16. The number of carbonyl (C=O) groups excluding carboxylic acids is 2. The molecule has 24 heavy (non-hydrogen) atoms. The van der Waals surface area contributed by atoms with Gasteiger partial charge in [0, 0.05) is 18.7 Å². The molecule has 7 nitrogen and oxygen atoms in total. The highest BCUT2D eigenvalue weighted by Crippen LogP contribution is 2.21. The lowest BCUT2D eigenvalue weighted by Gasteiger charge is -2.26. The Morgan fingerprint density at radius 3 is 2.62 bits per heavy atom. The van der Waals surface area contributed by atoms with Gasteiger partial charge in [0.1, 0.15) is 0 Å². The van der Waals surface area contributed by atoms with Gasteiger partial charge < -0.3 is 4.74 Å². The third kappa shape index (κ3) is 4.00. The van der Waals surface area contributed by atoms with Gasteiger partial charge in [-0.05, 0) is 25.8 Å². The summed E-state index contributed by atoms with van der Waals surface area (Å²) in [5.74, 6) is -2.85. The predicted molar refractivity (Wildman–Crippen MR) is 82.6 cm³/mol. The molecule has 126 valence electrons. The number of carbonyl (C=O) groups is 2. The molecule has 1 aromatic rings. The molecule has 0 bridgehead atoms. The van der Waals surface area contributed by atoms with Gasteiger partial charge in [-0.3, -0.25) is 15.0 Å². The summed E-state index contributed by atoms with van der Waals surface area (Å²) < 4.78 is 32.0. The van der Waals surface area contributed by atoms with Crippen LogP contribution in [0.2, 0.25) is 0 Å². The Labute approximate surface area is 136 Å². The van der Waals surface area contributed by atoms with Crippen LogP contribution in [0.5, 0.6) is 5.75 Å². The third-order valence-electron chi connectivity index (χ3n) is 3.09. The lowest BCUT2D eigenvalue weighted by molar-refractivity contribution is -0.121. The highest BCUT2D eigenvalue weighted by atomic mass is 19.1. The third-order valence-corrected chi connectivity index (χ3v) is 3.09. The molecule has 0 saturated carbocycles. The van der Waals surface area contributed by atoms with Gasteiger partial charge in [-0.15, -0.1) is 0 Å². The van der Waals surface area contributed by atoms with Crippen molar-refractivity contribution >= 4 is 24.7 Å². The van der Waals surface area contributed by atoms with E-state index in [9.17, 15) is 18.4 Å². The summed E-state index contributed by atoms with van der Waals surface area (Å²) in [6, 6.07) is 2.26. The van der Waals surface area contributed by atoms with Gasteiger partial charge >= 0.3 is 12.1 Å². The summed E-state index contributed by atoms with van der Waals surface area (Å²) >= 11 is 0. The number of allylic oxidation sites excluding steroid dienone is 1. The summed E-state index contributed by atoms with van der Waals surface area (Å²) in [6.07, 6.45) is 1.38. The molecule has 0 aliphatic carbocycles. The lowest BCUT2D eigenvalue weighted by Crippen LogP contribution is -2.48. The number of amides is 3. The van der Waals surface area contributed by atoms with Crippen LogP contribution in [0.15, 0.2) is 40.1 Å². The summed E-state index contributed by atoms with van der Waals surface area (Å²) in [7, 11) is 0. The number of imide groups is 1. The summed E-state index contributed by atoms with van der Waals surface area (Å²) in [5.41, 5.74) is 0.388. The molecule has 0 aromatic heterocycles. The van der Waals surface area contributed by atoms with Crippen molar-refractivity contribution in [3.8, 4) is 5.75 Å². The van der Waals surface area contributed by atoms with E-state index < -0.39 is 29.4 Å². The maximum Gasteiger partial charge on any atom is 0.328 e. The second-order valence-corrected chi connectivity index (χ2v) is 4.75. The van der Waals surface area contributed by atoms with Crippen LogP contribution in [0.4, 0.5) is 13.6 Å². The molecule has 1 aromatic carbocycles. The first-order valence-corrected chi connectivity index (χ1v) is 6.87. The van der Waals surface area contributed by atoms with Crippen LogP contribution in [0, 0.1) is 11.6 Å². The lowest BCUT2D eigenvalue weighted by atomic mass is 10.3. The fourth-order valence-electron chi connectivity index (χ4n) is 1.89. The average Bonchev–Trinajstić information content (AvgIpc) is 2.53. The van der Waals surface area contributed by atoms with Gasteiger partial charge in [-0.1, -0.05) is 6.07 Å². The molecule has 1 heterocycles. The van der Waals surface area contributed by atoms with E-state index in [0.29, 0.717) is 5.70 Å². The van der Waals surface area contributed by atoms with E-state index in [4.69, 9.17) is 4.74 Å². The van der Waals surface area contributed by atoms with Crippen molar-refractivity contribution in [2.75, 3.05) is 6.54 Å². The molecule has 0 radical (unpaired) electrons. The first kappa shape index (κ1) is 17.3. The molecular weight excluding hydrogens is 322 g/mol. The topological polar surface area (TPSA) is 83.4 Å². The molecule has 3 amide bonds. The molecule has 0 spiro atoms. The maximum atomic E-state index is 13.5. The van der Waals surface area contributed by atoms with E-state index in [2.05, 4.69) is 22.0 Å². The Morgan fingerprint density at radius 2 is 2.04 bits per heavy atom. The molecule has 1 saturated heterocycles. The van der Waals surface area contributed by atoms with Gasteiger partial charge in [0.15, 0.2) is 11.6 Å². The predicted octanol–water partition coefficient (Wildman–Crippen LogP) is 2.20. The zero-order valence-electron chi connectivity index (χ0n) is 12.8. The molecule has 1 N–H and O–H groups in total. The standard InChI is InChI=1S/C15H14F2N4O3/c1-9(21-7-6-12(22)20-15(21)23)8-19-14(18-2)24-13-10(16)4-3-5-11(13)17/h3-5,8H,2,6-7H2,1H3,(H,20,22,23)/b9-8+,19-14+. The number of benzene rings is 1. The van der Waals surface area contributed by atoms with Gasteiger partial charge in [0.25, 0.3) is 0 Å². The van der Waals surface area contributed by atoms with Crippen molar-refractivity contribution in [1.82, 2.24) is 10.2 Å². The largest absolute Gasteiger partial charge is 0.418 e. The van der Waals surface area contributed by atoms with Gasteiger partial charge in [0.05, 0.1) is 6.20 Å². The average molecular weight is 336 g/mol. The van der Waals surface area contributed by atoms with Gasteiger partial charge in [-0.2, -0.15) is 0 Å². The molecule has 0 unspecified atom stereocenters. The molecule has 2 rings (SSSR count). The van der Waals surface area contributed by atoms with Gasteiger partial charge in [-0.25, -0.2) is 23.6 Å². The van der Waals surface area contributed by atoms with E-state index in [0.717, 1.165) is 12.1 Å². The highest BCUT2D eigenvalue weighted by Gasteiger charge is 2.23. The molecule has 0 atom stereocenters. The Bertz CT molecular complexity index is 726. The number of amidine groups is 1. The van der Waals surface area contributed by atoms with Crippen LogP contribution in [0.25, 0.3) is 0 Å². The number of hydrogen-bond donors (Lipinski definition) is 1. The second kappa shape index (κ2) is 7.44. The van der Waals surface area contributed by atoms with E-state index in [-0.39, 0.29) is 18.9 Å². The van der Waals surface area contributed by atoms with Crippen LogP contribution >= 0.6 is 0 Å².